The number of carbonyl (C=O) groups is 2. The van der Waals surface area contributed by atoms with Gasteiger partial charge in [-0.3, -0.25) is 0 Å². The summed E-state index contributed by atoms with van der Waals surface area (Å²) in [5.41, 5.74) is -1.04. The zero-order chi connectivity index (χ0) is 14.0. The second-order valence-corrected chi connectivity index (χ2v) is 7.02. The van der Waals surface area contributed by atoms with E-state index in [9.17, 15) is 14.7 Å². The molecule has 2 amide bonds. The number of carboxylic acid groups (broad SMARTS) is 1. The van der Waals surface area contributed by atoms with Crippen LogP contribution in [0.1, 0.15) is 39.5 Å². The van der Waals surface area contributed by atoms with Crippen molar-refractivity contribution in [2.24, 2.45) is 0 Å². The fourth-order valence-electron chi connectivity index (χ4n) is 2.87. The highest BCUT2D eigenvalue weighted by molar-refractivity contribution is 8.00. The smallest absolute Gasteiger partial charge is 0.329 e. The quantitative estimate of drug-likeness (QED) is 0.813. The molecule has 2 aliphatic rings. The van der Waals surface area contributed by atoms with E-state index in [0.29, 0.717) is 24.6 Å². The van der Waals surface area contributed by atoms with Crippen LogP contribution in [0.3, 0.4) is 0 Å². The third-order valence-electron chi connectivity index (χ3n) is 4.36. The molecule has 0 aromatic rings. The van der Waals surface area contributed by atoms with Crippen LogP contribution in [0.4, 0.5) is 4.79 Å². The summed E-state index contributed by atoms with van der Waals surface area (Å²) in [5, 5.41) is 12.6. The first-order valence-corrected chi connectivity index (χ1v) is 7.95. The molecule has 1 heterocycles. The Morgan fingerprint density at radius 2 is 1.95 bits per heavy atom. The summed E-state index contributed by atoms with van der Waals surface area (Å²) in [4.78, 5) is 25.6. The minimum Gasteiger partial charge on any atom is -0.480 e. The lowest BCUT2D eigenvalue weighted by Gasteiger charge is -2.39. The van der Waals surface area contributed by atoms with Crippen LogP contribution < -0.4 is 5.32 Å². The molecule has 2 unspecified atom stereocenters. The number of nitrogens with zero attached hydrogens (tertiary/aromatic N) is 1. The fourth-order valence-corrected chi connectivity index (χ4v) is 3.97. The van der Waals surface area contributed by atoms with Crippen molar-refractivity contribution in [3.63, 3.8) is 0 Å². The standard InChI is InChI=1S/C13H22N2O3S/c1-9-10(2)19-8-7-15(9)12(18)14-13(11(16)17)5-3-4-6-13/h9-10H,3-8H2,1-2H3,(H,14,18)(H,16,17). The third kappa shape index (κ3) is 2.83. The SMILES string of the molecule is CC1SCCN(C(=O)NC2(C(=O)O)CCCC2)C1C. The highest BCUT2D eigenvalue weighted by Gasteiger charge is 2.44. The van der Waals surface area contributed by atoms with E-state index in [4.69, 9.17) is 0 Å². The predicted octanol–water partition coefficient (Wildman–Crippen LogP) is 1.92. The molecule has 1 saturated carbocycles. The van der Waals surface area contributed by atoms with Crippen molar-refractivity contribution in [1.29, 1.82) is 0 Å². The van der Waals surface area contributed by atoms with Gasteiger partial charge in [-0.1, -0.05) is 19.8 Å². The van der Waals surface area contributed by atoms with Crippen molar-refractivity contribution < 1.29 is 14.7 Å². The maximum Gasteiger partial charge on any atom is 0.329 e. The Morgan fingerprint density at radius 1 is 1.32 bits per heavy atom. The van der Waals surface area contributed by atoms with Gasteiger partial charge in [-0.05, 0) is 19.8 Å². The van der Waals surface area contributed by atoms with Gasteiger partial charge in [-0.15, -0.1) is 0 Å². The van der Waals surface area contributed by atoms with Crippen molar-refractivity contribution >= 4 is 23.8 Å². The highest BCUT2D eigenvalue weighted by atomic mass is 32.2. The minimum atomic E-state index is -1.04. The molecule has 2 fully saturated rings. The van der Waals surface area contributed by atoms with E-state index in [0.717, 1.165) is 18.6 Å². The number of hydrogen-bond donors (Lipinski definition) is 2. The average molecular weight is 286 g/mol. The number of rotatable bonds is 2. The summed E-state index contributed by atoms with van der Waals surface area (Å²) < 4.78 is 0. The Kier molecular flexibility index (Phi) is 4.28. The summed E-state index contributed by atoms with van der Waals surface area (Å²) in [6.45, 7) is 4.83. The Labute approximate surface area is 118 Å². The molecule has 2 rings (SSSR count). The number of hydrogen-bond acceptors (Lipinski definition) is 3. The van der Waals surface area contributed by atoms with Crippen LogP contribution in [-0.2, 0) is 4.79 Å². The molecular weight excluding hydrogens is 264 g/mol. The number of nitrogens with one attached hydrogen (secondary N) is 1. The van der Waals surface area contributed by atoms with E-state index in [2.05, 4.69) is 12.2 Å². The van der Waals surface area contributed by atoms with E-state index < -0.39 is 11.5 Å². The number of carbonyl (C=O) groups excluding carboxylic acids is 1. The number of amides is 2. The van der Waals surface area contributed by atoms with Gasteiger partial charge < -0.3 is 15.3 Å². The summed E-state index contributed by atoms with van der Waals surface area (Å²) >= 11 is 1.86. The van der Waals surface area contributed by atoms with Crippen molar-refractivity contribution in [3.8, 4) is 0 Å². The molecule has 1 aliphatic heterocycles. The van der Waals surface area contributed by atoms with Crippen molar-refractivity contribution in [2.45, 2.75) is 56.4 Å². The van der Waals surface area contributed by atoms with Crippen molar-refractivity contribution in [1.82, 2.24) is 10.2 Å². The number of carboxylic acids is 1. The molecule has 0 bridgehead atoms. The van der Waals surface area contributed by atoms with Gasteiger partial charge in [0.25, 0.3) is 0 Å². The molecule has 6 heteroatoms. The van der Waals surface area contributed by atoms with Crippen LogP contribution in [0.2, 0.25) is 0 Å². The summed E-state index contributed by atoms with van der Waals surface area (Å²) in [5.74, 6) is 0.0179. The van der Waals surface area contributed by atoms with Gasteiger partial charge >= 0.3 is 12.0 Å². The predicted molar refractivity (Wildman–Crippen MR) is 75.5 cm³/mol. The molecule has 5 nitrogen and oxygen atoms in total. The maximum absolute atomic E-state index is 12.4. The topological polar surface area (TPSA) is 69.6 Å². The van der Waals surface area contributed by atoms with Gasteiger partial charge in [0.2, 0.25) is 0 Å². The van der Waals surface area contributed by atoms with Gasteiger partial charge in [-0.25, -0.2) is 9.59 Å². The van der Waals surface area contributed by atoms with Crippen LogP contribution in [-0.4, -0.2) is 51.1 Å². The Hall–Kier alpha value is -0.910. The minimum absolute atomic E-state index is 0.144. The molecule has 2 N–H and O–H groups in total. The fraction of sp³-hybridized carbons (Fsp3) is 0.846. The van der Waals surface area contributed by atoms with Crippen LogP contribution >= 0.6 is 11.8 Å². The van der Waals surface area contributed by atoms with Crippen LogP contribution in [0.25, 0.3) is 0 Å². The van der Waals surface area contributed by atoms with E-state index in [1.54, 1.807) is 4.90 Å². The van der Waals surface area contributed by atoms with Crippen LogP contribution in [0.15, 0.2) is 0 Å². The first-order valence-electron chi connectivity index (χ1n) is 6.90. The Bertz CT molecular complexity index is 369. The second-order valence-electron chi connectivity index (χ2n) is 5.53. The first kappa shape index (κ1) is 14.5. The summed E-state index contributed by atoms with van der Waals surface area (Å²) in [7, 11) is 0. The van der Waals surface area contributed by atoms with E-state index in [1.165, 1.54) is 0 Å². The lowest BCUT2D eigenvalue weighted by Crippen LogP contribution is -2.60. The molecule has 1 aliphatic carbocycles. The molecule has 19 heavy (non-hydrogen) atoms. The number of urea groups is 1. The van der Waals surface area contributed by atoms with E-state index in [1.807, 2.05) is 18.7 Å². The zero-order valence-corrected chi connectivity index (χ0v) is 12.3. The van der Waals surface area contributed by atoms with Crippen molar-refractivity contribution in [3.05, 3.63) is 0 Å². The van der Waals surface area contributed by atoms with Crippen LogP contribution in [0, 0.1) is 0 Å². The Morgan fingerprint density at radius 3 is 2.53 bits per heavy atom. The molecule has 1 saturated heterocycles. The lowest BCUT2D eigenvalue weighted by molar-refractivity contribution is -0.144. The molecule has 0 spiro atoms. The number of thioether (sulfide) groups is 1. The zero-order valence-electron chi connectivity index (χ0n) is 11.5. The van der Waals surface area contributed by atoms with Gasteiger partial charge in [-0.2, -0.15) is 11.8 Å². The van der Waals surface area contributed by atoms with Crippen molar-refractivity contribution in [2.75, 3.05) is 12.3 Å². The maximum atomic E-state index is 12.4. The molecule has 0 radical (unpaired) electrons. The summed E-state index contributed by atoms with van der Waals surface area (Å²) in [6.07, 6.45) is 2.82. The lowest BCUT2D eigenvalue weighted by atomic mass is 9.98. The van der Waals surface area contributed by atoms with Gasteiger partial charge in [0.15, 0.2) is 0 Å². The Balaban J connectivity index is 2.05. The normalized spacial score (nSPS) is 30.1. The number of aliphatic carboxylic acids is 1. The highest BCUT2D eigenvalue weighted by Crippen LogP contribution is 2.31. The van der Waals surface area contributed by atoms with E-state index >= 15 is 0 Å². The molecular formula is C13H22N2O3S. The van der Waals surface area contributed by atoms with Gasteiger partial charge in [0.1, 0.15) is 5.54 Å². The van der Waals surface area contributed by atoms with Gasteiger partial charge in [0.05, 0.1) is 0 Å². The second kappa shape index (κ2) is 5.61. The third-order valence-corrected chi connectivity index (χ3v) is 5.70. The largest absolute Gasteiger partial charge is 0.480 e. The molecule has 2 atom stereocenters. The molecule has 0 aromatic heterocycles. The summed E-state index contributed by atoms with van der Waals surface area (Å²) in [6, 6.07) is -0.0741. The molecule has 108 valence electrons. The molecule has 0 aromatic carbocycles. The van der Waals surface area contributed by atoms with Crippen LogP contribution in [0.5, 0.6) is 0 Å². The average Bonchev–Trinajstić information content (AvgIpc) is 2.82. The monoisotopic (exact) mass is 286 g/mol. The van der Waals surface area contributed by atoms with E-state index in [-0.39, 0.29) is 12.1 Å². The first-order chi connectivity index (χ1) is 8.96. The van der Waals surface area contributed by atoms with Gasteiger partial charge in [0, 0.05) is 23.6 Å².